The Morgan fingerprint density at radius 2 is 2.12 bits per heavy atom. The van der Waals surface area contributed by atoms with Crippen LogP contribution in [0.5, 0.6) is 5.75 Å². The second kappa shape index (κ2) is 7.06. The number of rotatable bonds is 4. The molecular formula is C19H17Cl3N2O. The Morgan fingerprint density at radius 3 is 2.96 bits per heavy atom. The summed E-state index contributed by atoms with van der Waals surface area (Å²) in [5, 5.41) is 9.39. The van der Waals surface area contributed by atoms with Crippen LogP contribution in [0.1, 0.15) is 35.4 Å². The minimum absolute atomic E-state index is 0.278. The van der Waals surface area contributed by atoms with Crippen LogP contribution in [-0.2, 0) is 6.42 Å². The third kappa shape index (κ3) is 3.10. The van der Waals surface area contributed by atoms with E-state index in [9.17, 15) is 0 Å². The highest BCUT2D eigenvalue weighted by molar-refractivity contribution is 6.37. The first kappa shape index (κ1) is 17.0. The number of hydrogen-bond donors (Lipinski definition) is 1. The van der Waals surface area contributed by atoms with Gasteiger partial charge in [0.05, 0.1) is 27.6 Å². The molecule has 25 heavy (non-hydrogen) atoms. The molecule has 2 aromatic carbocycles. The van der Waals surface area contributed by atoms with E-state index in [0.29, 0.717) is 28.3 Å². The maximum absolute atomic E-state index is 6.63. The van der Waals surface area contributed by atoms with Gasteiger partial charge >= 0.3 is 0 Å². The number of fused-ring (bicyclic) bond motifs is 2. The van der Waals surface area contributed by atoms with E-state index in [2.05, 4.69) is 28.4 Å². The van der Waals surface area contributed by atoms with E-state index >= 15 is 0 Å². The van der Waals surface area contributed by atoms with Gasteiger partial charge in [-0.05, 0) is 54.2 Å². The summed E-state index contributed by atoms with van der Waals surface area (Å²) < 4.78 is 5.66. The average molecular weight is 396 g/mol. The number of benzene rings is 2. The van der Waals surface area contributed by atoms with Crippen molar-refractivity contribution in [2.45, 2.75) is 25.2 Å². The van der Waals surface area contributed by atoms with Crippen molar-refractivity contribution < 1.29 is 4.74 Å². The Bertz CT molecular complexity index is 922. The maximum atomic E-state index is 6.63. The molecule has 0 radical (unpaired) electrons. The number of alkyl halides is 1. The van der Waals surface area contributed by atoms with Crippen LogP contribution in [-0.4, -0.2) is 22.7 Å². The van der Waals surface area contributed by atoms with E-state index in [4.69, 9.17) is 39.5 Å². The molecule has 1 aromatic heterocycles. The van der Waals surface area contributed by atoms with E-state index in [1.54, 1.807) is 0 Å². The largest absolute Gasteiger partial charge is 0.489 e. The predicted molar refractivity (Wildman–Crippen MR) is 104 cm³/mol. The van der Waals surface area contributed by atoms with Crippen LogP contribution in [0.4, 0.5) is 0 Å². The van der Waals surface area contributed by atoms with Gasteiger partial charge < -0.3 is 4.74 Å². The van der Waals surface area contributed by atoms with Gasteiger partial charge in [0, 0.05) is 11.3 Å². The molecule has 1 atom stereocenters. The van der Waals surface area contributed by atoms with Gasteiger partial charge in [-0.25, -0.2) is 0 Å². The third-order valence-electron chi connectivity index (χ3n) is 4.80. The molecule has 0 bridgehead atoms. The van der Waals surface area contributed by atoms with Crippen molar-refractivity contribution in [3.05, 3.63) is 57.2 Å². The first-order chi connectivity index (χ1) is 12.2. The summed E-state index contributed by atoms with van der Waals surface area (Å²) in [5.74, 6) is 1.23. The van der Waals surface area contributed by atoms with Gasteiger partial charge in [0.2, 0.25) is 0 Å². The van der Waals surface area contributed by atoms with Gasteiger partial charge in [-0.2, -0.15) is 5.10 Å². The molecule has 4 rings (SSSR count). The Kier molecular flexibility index (Phi) is 4.81. The molecule has 3 aromatic rings. The Hall–Kier alpha value is -1.42. The number of H-pyrrole nitrogens is 1. The topological polar surface area (TPSA) is 37.9 Å². The van der Waals surface area contributed by atoms with Crippen molar-refractivity contribution in [2.75, 3.05) is 12.5 Å². The monoisotopic (exact) mass is 394 g/mol. The number of nitrogens with one attached hydrogen (secondary N) is 1. The first-order valence-electron chi connectivity index (χ1n) is 8.31. The predicted octanol–water partition coefficient (Wildman–Crippen LogP) is 5.96. The number of aromatic nitrogens is 2. The minimum atomic E-state index is 0.278. The maximum Gasteiger partial charge on any atom is 0.156 e. The van der Waals surface area contributed by atoms with Crippen LogP contribution < -0.4 is 4.74 Å². The second-order valence-corrected chi connectivity index (χ2v) is 7.43. The molecule has 0 saturated carbocycles. The van der Waals surface area contributed by atoms with Crippen LogP contribution in [0.15, 0.2) is 30.5 Å². The zero-order valence-corrected chi connectivity index (χ0v) is 15.8. The van der Waals surface area contributed by atoms with Gasteiger partial charge in [0.1, 0.15) is 6.61 Å². The quantitative estimate of drug-likeness (QED) is 0.554. The van der Waals surface area contributed by atoms with Crippen molar-refractivity contribution in [1.29, 1.82) is 0 Å². The third-order valence-corrected chi connectivity index (χ3v) is 5.63. The van der Waals surface area contributed by atoms with E-state index in [0.717, 1.165) is 35.7 Å². The minimum Gasteiger partial charge on any atom is -0.489 e. The molecule has 0 saturated heterocycles. The smallest absolute Gasteiger partial charge is 0.156 e. The van der Waals surface area contributed by atoms with Crippen molar-refractivity contribution >= 4 is 45.7 Å². The van der Waals surface area contributed by atoms with Crippen molar-refractivity contribution in [2.24, 2.45) is 0 Å². The normalized spacial score (nSPS) is 16.8. The number of hydrogen-bond acceptors (Lipinski definition) is 2. The number of nitrogens with zero attached hydrogens (tertiary/aromatic N) is 1. The van der Waals surface area contributed by atoms with Crippen LogP contribution in [0.2, 0.25) is 10.0 Å². The summed E-state index contributed by atoms with van der Waals surface area (Å²) in [4.78, 5) is 0. The zero-order chi connectivity index (χ0) is 17.4. The molecule has 1 unspecified atom stereocenters. The van der Waals surface area contributed by atoms with Gasteiger partial charge in [-0.1, -0.05) is 29.3 Å². The van der Waals surface area contributed by atoms with Gasteiger partial charge in [0.15, 0.2) is 5.75 Å². The van der Waals surface area contributed by atoms with Crippen molar-refractivity contribution in [1.82, 2.24) is 10.2 Å². The molecule has 1 aliphatic rings. The highest BCUT2D eigenvalue weighted by Crippen LogP contribution is 2.46. The van der Waals surface area contributed by atoms with E-state index in [1.165, 1.54) is 11.1 Å². The summed E-state index contributed by atoms with van der Waals surface area (Å²) in [6.45, 7) is 0.389. The Balaban J connectivity index is 1.79. The SMILES string of the molecule is ClCCOc1c(Cl)cc2c(c1Cl)CCCC2c1ccc2[nH]ncc2c1. The first-order valence-corrected chi connectivity index (χ1v) is 9.60. The molecular weight excluding hydrogens is 379 g/mol. The number of halogens is 3. The number of ether oxygens (including phenoxy) is 1. The molecule has 1 N–H and O–H groups in total. The summed E-state index contributed by atoms with van der Waals surface area (Å²) >= 11 is 18.8. The van der Waals surface area contributed by atoms with E-state index < -0.39 is 0 Å². The van der Waals surface area contributed by atoms with E-state index in [1.807, 2.05) is 12.3 Å². The van der Waals surface area contributed by atoms with Crippen LogP contribution in [0, 0.1) is 0 Å². The lowest BCUT2D eigenvalue weighted by atomic mass is 9.78. The fourth-order valence-corrected chi connectivity index (χ4v) is 4.41. The second-order valence-electron chi connectivity index (χ2n) is 6.27. The fourth-order valence-electron chi connectivity index (χ4n) is 3.66. The van der Waals surface area contributed by atoms with Gasteiger partial charge in [-0.15, -0.1) is 11.6 Å². The average Bonchev–Trinajstić information content (AvgIpc) is 3.09. The Labute approximate surface area is 161 Å². The molecule has 0 amide bonds. The summed E-state index contributed by atoms with van der Waals surface area (Å²) in [5.41, 5.74) is 4.64. The fraction of sp³-hybridized carbons (Fsp3) is 0.316. The van der Waals surface area contributed by atoms with Crippen LogP contribution >= 0.6 is 34.8 Å². The summed E-state index contributed by atoms with van der Waals surface area (Å²) in [6, 6.07) is 8.43. The highest BCUT2D eigenvalue weighted by Gasteiger charge is 2.27. The van der Waals surface area contributed by atoms with Crippen LogP contribution in [0.3, 0.4) is 0 Å². The molecule has 3 nitrogen and oxygen atoms in total. The molecule has 0 aliphatic heterocycles. The van der Waals surface area contributed by atoms with Crippen LogP contribution in [0.25, 0.3) is 10.9 Å². The zero-order valence-electron chi connectivity index (χ0n) is 13.5. The van der Waals surface area contributed by atoms with E-state index in [-0.39, 0.29) is 5.92 Å². The van der Waals surface area contributed by atoms with Gasteiger partial charge in [-0.3, -0.25) is 5.10 Å². The molecule has 0 spiro atoms. The molecule has 6 heteroatoms. The highest BCUT2D eigenvalue weighted by atomic mass is 35.5. The molecule has 130 valence electrons. The van der Waals surface area contributed by atoms with Crippen molar-refractivity contribution in [3.63, 3.8) is 0 Å². The molecule has 1 heterocycles. The molecule has 0 fully saturated rings. The Morgan fingerprint density at radius 1 is 1.24 bits per heavy atom. The summed E-state index contributed by atoms with van der Waals surface area (Å²) in [7, 11) is 0. The molecule has 1 aliphatic carbocycles. The number of aromatic amines is 1. The lowest BCUT2D eigenvalue weighted by Gasteiger charge is -2.28. The van der Waals surface area contributed by atoms with Gasteiger partial charge in [0.25, 0.3) is 0 Å². The standard InChI is InChI=1S/C19H17Cl3N2O/c20-6-7-25-19-16(21)9-15-13(2-1-3-14(15)18(19)22)11-4-5-17-12(8-11)10-23-24-17/h4-5,8-10,13H,1-3,6-7H2,(H,23,24). The lowest BCUT2D eigenvalue weighted by Crippen LogP contribution is -2.13. The lowest BCUT2D eigenvalue weighted by molar-refractivity contribution is 0.342. The summed E-state index contributed by atoms with van der Waals surface area (Å²) in [6.07, 6.45) is 4.95. The van der Waals surface area contributed by atoms with Crippen molar-refractivity contribution in [3.8, 4) is 5.75 Å².